The minimum absolute atomic E-state index is 0.0534. The van der Waals surface area contributed by atoms with E-state index in [2.05, 4.69) is 17.4 Å². The van der Waals surface area contributed by atoms with Crippen molar-refractivity contribution >= 4 is 5.91 Å². The standard InChI is InChI=1S/C20H23NO3/c1-15(16-8-3-2-4-9-16)23-13-7-12-21-20(22)19-14-17-10-5-6-11-18(17)24-19/h2-6,8-11,15,19H,7,12-14H2,1H3,(H,21,22). The van der Waals surface area contributed by atoms with Crippen LogP contribution in [0, 0.1) is 0 Å². The summed E-state index contributed by atoms with van der Waals surface area (Å²) in [5.74, 6) is 0.764. The van der Waals surface area contributed by atoms with Gasteiger partial charge >= 0.3 is 0 Å². The monoisotopic (exact) mass is 325 g/mol. The maximum absolute atomic E-state index is 12.2. The molecule has 1 aliphatic rings. The molecule has 3 rings (SSSR count). The summed E-state index contributed by atoms with van der Waals surface area (Å²) < 4.78 is 11.5. The summed E-state index contributed by atoms with van der Waals surface area (Å²) in [6, 6.07) is 17.9. The maximum atomic E-state index is 12.2. The van der Waals surface area contributed by atoms with E-state index in [1.807, 2.05) is 49.4 Å². The fraction of sp³-hybridized carbons (Fsp3) is 0.350. The Balaban J connectivity index is 1.33. The zero-order chi connectivity index (χ0) is 16.8. The molecule has 4 nitrogen and oxygen atoms in total. The molecular weight excluding hydrogens is 302 g/mol. The van der Waals surface area contributed by atoms with Crippen molar-refractivity contribution in [1.82, 2.24) is 5.32 Å². The number of ether oxygens (including phenoxy) is 2. The molecule has 2 aromatic rings. The lowest BCUT2D eigenvalue weighted by molar-refractivity contribution is -0.127. The number of benzene rings is 2. The topological polar surface area (TPSA) is 47.6 Å². The van der Waals surface area contributed by atoms with Crippen molar-refractivity contribution in [3.8, 4) is 5.75 Å². The molecule has 0 fully saturated rings. The van der Waals surface area contributed by atoms with E-state index in [0.717, 1.165) is 17.7 Å². The Hall–Kier alpha value is -2.33. The number of hydrogen-bond acceptors (Lipinski definition) is 3. The quantitative estimate of drug-likeness (QED) is 0.795. The van der Waals surface area contributed by atoms with Crippen molar-refractivity contribution in [3.05, 3.63) is 65.7 Å². The molecule has 0 saturated carbocycles. The molecule has 0 aliphatic carbocycles. The Morgan fingerprint density at radius 1 is 1.21 bits per heavy atom. The molecule has 0 spiro atoms. The average Bonchev–Trinajstić information content (AvgIpc) is 3.06. The molecule has 126 valence electrons. The second-order valence-corrected chi connectivity index (χ2v) is 5.99. The summed E-state index contributed by atoms with van der Waals surface area (Å²) in [4.78, 5) is 12.2. The van der Waals surface area contributed by atoms with E-state index in [1.54, 1.807) is 0 Å². The van der Waals surface area contributed by atoms with Crippen LogP contribution in [-0.4, -0.2) is 25.2 Å². The van der Waals surface area contributed by atoms with Crippen LogP contribution in [0.25, 0.3) is 0 Å². The molecule has 0 bridgehead atoms. The molecule has 1 aliphatic heterocycles. The van der Waals surface area contributed by atoms with E-state index in [1.165, 1.54) is 5.56 Å². The summed E-state index contributed by atoms with van der Waals surface area (Å²) in [6.45, 7) is 3.25. The highest BCUT2D eigenvalue weighted by Gasteiger charge is 2.28. The normalized spacial score (nSPS) is 17.0. The number of carbonyl (C=O) groups excluding carboxylic acids is 1. The summed E-state index contributed by atoms with van der Waals surface area (Å²) in [5.41, 5.74) is 2.26. The van der Waals surface area contributed by atoms with Gasteiger partial charge in [-0.25, -0.2) is 0 Å². The largest absolute Gasteiger partial charge is 0.480 e. The van der Waals surface area contributed by atoms with Crippen molar-refractivity contribution in [2.24, 2.45) is 0 Å². The highest BCUT2D eigenvalue weighted by atomic mass is 16.5. The van der Waals surface area contributed by atoms with Crippen molar-refractivity contribution in [1.29, 1.82) is 0 Å². The lowest BCUT2D eigenvalue weighted by Gasteiger charge is -2.14. The third-order valence-corrected chi connectivity index (χ3v) is 4.20. The molecular formula is C20H23NO3. The molecule has 1 N–H and O–H groups in total. The van der Waals surface area contributed by atoms with Gasteiger partial charge in [-0.3, -0.25) is 4.79 Å². The number of hydrogen-bond donors (Lipinski definition) is 1. The van der Waals surface area contributed by atoms with E-state index in [4.69, 9.17) is 9.47 Å². The Morgan fingerprint density at radius 2 is 1.96 bits per heavy atom. The van der Waals surface area contributed by atoms with Crippen LogP contribution in [0.1, 0.15) is 30.6 Å². The van der Waals surface area contributed by atoms with E-state index in [0.29, 0.717) is 19.6 Å². The van der Waals surface area contributed by atoms with Gasteiger partial charge in [-0.05, 0) is 30.5 Å². The van der Waals surface area contributed by atoms with Crippen LogP contribution in [0.3, 0.4) is 0 Å². The van der Waals surface area contributed by atoms with E-state index >= 15 is 0 Å². The minimum Gasteiger partial charge on any atom is -0.480 e. The van der Waals surface area contributed by atoms with Crippen LogP contribution in [0.15, 0.2) is 54.6 Å². The molecule has 2 aromatic carbocycles. The van der Waals surface area contributed by atoms with Crippen molar-refractivity contribution in [2.75, 3.05) is 13.2 Å². The predicted octanol–water partition coefficient (Wildman–Crippen LogP) is 3.27. The second-order valence-electron chi connectivity index (χ2n) is 5.99. The zero-order valence-corrected chi connectivity index (χ0v) is 13.9. The van der Waals surface area contributed by atoms with Crippen molar-refractivity contribution in [2.45, 2.75) is 32.0 Å². The molecule has 0 aromatic heterocycles. The third kappa shape index (κ3) is 4.15. The van der Waals surface area contributed by atoms with Crippen LogP contribution in [0.4, 0.5) is 0 Å². The number of rotatable bonds is 7. The fourth-order valence-electron chi connectivity index (χ4n) is 2.81. The highest BCUT2D eigenvalue weighted by molar-refractivity contribution is 5.82. The maximum Gasteiger partial charge on any atom is 0.261 e. The van der Waals surface area contributed by atoms with Gasteiger partial charge in [0.1, 0.15) is 5.75 Å². The first kappa shape index (κ1) is 16.5. The number of carbonyl (C=O) groups is 1. The second kappa shape index (κ2) is 7.97. The van der Waals surface area contributed by atoms with Gasteiger partial charge in [-0.15, -0.1) is 0 Å². The van der Waals surface area contributed by atoms with Gasteiger partial charge < -0.3 is 14.8 Å². The van der Waals surface area contributed by atoms with Crippen LogP contribution >= 0.6 is 0 Å². The summed E-state index contributed by atoms with van der Waals surface area (Å²) in [5, 5.41) is 2.93. The third-order valence-electron chi connectivity index (χ3n) is 4.20. The summed E-state index contributed by atoms with van der Waals surface area (Å²) >= 11 is 0. The Labute approximate surface area is 142 Å². The first-order chi connectivity index (χ1) is 11.7. The highest BCUT2D eigenvalue weighted by Crippen LogP contribution is 2.28. The van der Waals surface area contributed by atoms with Crippen molar-refractivity contribution in [3.63, 3.8) is 0 Å². The van der Waals surface area contributed by atoms with Gasteiger partial charge in [-0.2, -0.15) is 0 Å². The lowest BCUT2D eigenvalue weighted by atomic mass is 10.1. The molecule has 4 heteroatoms. The Bertz CT molecular complexity index is 647. The van der Waals surface area contributed by atoms with E-state index < -0.39 is 6.10 Å². The number of fused-ring (bicyclic) bond motifs is 1. The van der Waals surface area contributed by atoms with Crippen molar-refractivity contribution < 1.29 is 14.3 Å². The van der Waals surface area contributed by atoms with E-state index in [9.17, 15) is 4.79 Å². The summed E-state index contributed by atoms with van der Waals surface area (Å²) in [6.07, 6.45) is 1.08. The first-order valence-electron chi connectivity index (χ1n) is 8.43. The first-order valence-corrected chi connectivity index (χ1v) is 8.43. The molecule has 2 unspecified atom stereocenters. The zero-order valence-electron chi connectivity index (χ0n) is 13.9. The molecule has 0 radical (unpaired) electrons. The minimum atomic E-state index is -0.411. The lowest BCUT2D eigenvalue weighted by Crippen LogP contribution is -2.38. The van der Waals surface area contributed by atoms with Crippen LogP contribution < -0.4 is 10.1 Å². The molecule has 2 atom stereocenters. The molecule has 1 amide bonds. The Kier molecular flexibility index (Phi) is 5.49. The van der Waals surface area contributed by atoms with Gasteiger partial charge in [0.2, 0.25) is 0 Å². The van der Waals surface area contributed by atoms with Gasteiger partial charge in [0.05, 0.1) is 6.10 Å². The fourth-order valence-corrected chi connectivity index (χ4v) is 2.81. The molecule has 0 saturated heterocycles. The van der Waals surface area contributed by atoms with Crippen LogP contribution in [-0.2, 0) is 16.0 Å². The molecule has 24 heavy (non-hydrogen) atoms. The SMILES string of the molecule is CC(OCCCNC(=O)C1Cc2ccccc2O1)c1ccccc1. The average molecular weight is 325 g/mol. The van der Waals surface area contributed by atoms with Crippen LogP contribution in [0.2, 0.25) is 0 Å². The van der Waals surface area contributed by atoms with Gasteiger partial charge in [0.25, 0.3) is 5.91 Å². The molecule has 1 heterocycles. The number of amides is 1. The number of para-hydroxylation sites is 1. The number of nitrogens with one attached hydrogen (secondary N) is 1. The van der Waals surface area contributed by atoms with E-state index in [-0.39, 0.29) is 12.0 Å². The predicted molar refractivity (Wildman–Crippen MR) is 93.0 cm³/mol. The van der Waals surface area contributed by atoms with Gasteiger partial charge in [0.15, 0.2) is 6.10 Å². The van der Waals surface area contributed by atoms with Gasteiger partial charge in [-0.1, -0.05) is 48.5 Å². The summed E-state index contributed by atoms with van der Waals surface area (Å²) in [7, 11) is 0. The Morgan fingerprint density at radius 3 is 2.75 bits per heavy atom. The van der Waals surface area contributed by atoms with Gasteiger partial charge in [0, 0.05) is 19.6 Å². The van der Waals surface area contributed by atoms with Crippen LogP contribution in [0.5, 0.6) is 5.75 Å². The smallest absolute Gasteiger partial charge is 0.261 e.